The summed E-state index contributed by atoms with van der Waals surface area (Å²) >= 11 is 6.23. The number of aromatic nitrogens is 1. The van der Waals surface area contributed by atoms with Gasteiger partial charge in [-0.15, -0.1) is 11.6 Å². The molecule has 98 valence electrons. The van der Waals surface area contributed by atoms with Crippen LogP contribution < -0.4 is 5.32 Å². The summed E-state index contributed by atoms with van der Waals surface area (Å²) in [5.41, 5.74) is 1.80. The Kier molecular flexibility index (Phi) is 4.59. The van der Waals surface area contributed by atoms with Gasteiger partial charge in [0.15, 0.2) is 0 Å². The Bertz CT molecular complexity index is 416. The van der Waals surface area contributed by atoms with E-state index in [4.69, 9.17) is 11.6 Å². The van der Waals surface area contributed by atoms with E-state index in [-0.39, 0.29) is 5.91 Å². The highest BCUT2D eigenvalue weighted by Crippen LogP contribution is 2.24. The first-order chi connectivity index (χ1) is 8.68. The largest absolute Gasteiger partial charge is 0.352 e. The van der Waals surface area contributed by atoms with E-state index < -0.39 is 5.38 Å². The van der Waals surface area contributed by atoms with E-state index in [0.29, 0.717) is 6.04 Å². The van der Waals surface area contributed by atoms with Gasteiger partial charge in [-0.1, -0.05) is 19.3 Å². The summed E-state index contributed by atoms with van der Waals surface area (Å²) in [6.07, 6.45) is 9.20. The van der Waals surface area contributed by atoms with Crippen molar-refractivity contribution in [2.24, 2.45) is 0 Å². The second-order valence-corrected chi connectivity index (χ2v) is 5.37. The molecule has 1 N–H and O–H groups in total. The van der Waals surface area contributed by atoms with Crippen molar-refractivity contribution in [3.63, 3.8) is 0 Å². The summed E-state index contributed by atoms with van der Waals surface area (Å²) in [7, 11) is 0. The minimum atomic E-state index is -0.638. The summed E-state index contributed by atoms with van der Waals surface area (Å²) in [6.45, 7) is 1.94. The van der Waals surface area contributed by atoms with Gasteiger partial charge < -0.3 is 5.32 Å². The van der Waals surface area contributed by atoms with Crippen LogP contribution in [-0.4, -0.2) is 16.9 Å². The lowest BCUT2D eigenvalue weighted by Crippen LogP contribution is -2.38. The third-order valence-corrected chi connectivity index (χ3v) is 3.97. The molecule has 1 aromatic heterocycles. The summed E-state index contributed by atoms with van der Waals surface area (Å²) in [4.78, 5) is 16.1. The minimum absolute atomic E-state index is 0.0975. The number of rotatable bonds is 3. The highest BCUT2D eigenvalue weighted by molar-refractivity contribution is 6.30. The number of nitrogens with one attached hydrogen (secondary N) is 1. The van der Waals surface area contributed by atoms with Crippen molar-refractivity contribution >= 4 is 17.5 Å². The van der Waals surface area contributed by atoms with Crippen molar-refractivity contribution in [1.82, 2.24) is 10.3 Å². The molecule has 2 rings (SSSR count). The quantitative estimate of drug-likeness (QED) is 0.854. The van der Waals surface area contributed by atoms with Gasteiger partial charge >= 0.3 is 0 Å². The smallest absolute Gasteiger partial charge is 0.242 e. The minimum Gasteiger partial charge on any atom is -0.352 e. The van der Waals surface area contributed by atoms with Gasteiger partial charge in [-0.05, 0) is 31.4 Å². The Labute approximate surface area is 113 Å². The van der Waals surface area contributed by atoms with E-state index in [2.05, 4.69) is 10.3 Å². The molecule has 0 aliphatic heterocycles. The molecular formula is C14H19ClN2O. The molecule has 3 nitrogen and oxygen atoms in total. The van der Waals surface area contributed by atoms with Gasteiger partial charge in [0, 0.05) is 24.0 Å². The van der Waals surface area contributed by atoms with Gasteiger partial charge in [-0.25, -0.2) is 0 Å². The normalized spacial score (nSPS) is 18.3. The van der Waals surface area contributed by atoms with Crippen LogP contribution in [0.1, 0.15) is 48.6 Å². The first-order valence-corrected chi connectivity index (χ1v) is 6.97. The van der Waals surface area contributed by atoms with E-state index in [1.54, 1.807) is 12.4 Å². The zero-order valence-corrected chi connectivity index (χ0v) is 11.4. The van der Waals surface area contributed by atoms with Gasteiger partial charge in [-0.2, -0.15) is 0 Å². The molecule has 1 aliphatic carbocycles. The Morgan fingerprint density at radius 1 is 1.44 bits per heavy atom. The molecule has 1 atom stereocenters. The van der Waals surface area contributed by atoms with Crippen molar-refractivity contribution in [3.05, 3.63) is 29.6 Å². The van der Waals surface area contributed by atoms with Gasteiger partial charge in [0.1, 0.15) is 5.38 Å². The Balaban J connectivity index is 1.98. The van der Waals surface area contributed by atoms with E-state index in [9.17, 15) is 4.79 Å². The van der Waals surface area contributed by atoms with Crippen LogP contribution in [0.3, 0.4) is 0 Å². The van der Waals surface area contributed by atoms with Crippen LogP contribution in [0.15, 0.2) is 18.5 Å². The number of pyridine rings is 1. The summed E-state index contributed by atoms with van der Waals surface area (Å²) in [5, 5.41) is 2.41. The molecule has 0 bridgehead atoms. The predicted molar refractivity (Wildman–Crippen MR) is 72.6 cm³/mol. The van der Waals surface area contributed by atoms with Crippen LogP contribution in [0.2, 0.25) is 0 Å². The fourth-order valence-electron chi connectivity index (χ4n) is 2.40. The number of halogens is 1. The summed E-state index contributed by atoms with van der Waals surface area (Å²) in [6, 6.07) is 2.17. The van der Waals surface area contributed by atoms with E-state index >= 15 is 0 Å². The highest BCUT2D eigenvalue weighted by Gasteiger charge is 2.23. The lowest BCUT2D eigenvalue weighted by atomic mass is 9.95. The molecule has 1 aromatic rings. The maximum atomic E-state index is 12.1. The van der Waals surface area contributed by atoms with Gasteiger partial charge in [0.25, 0.3) is 0 Å². The van der Waals surface area contributed by atoms with Crippen molar-refractivity contribution in [2.75, 3.05) is 0 Å². The van der Waals surface area contributed by atoms with Crippen molar-refractivity contribution < 1.29 is 4.79 Å². The maximum absolute atomic E-state index is 12.1. The van der Waals surface area contributed by atoms with Gasteiger partial charge in [0.05, 0.1) is 0 Å². The average molecular weight is 267 g/mol. The van der Waals surface area contributed by atoms with Crippen LogP contribution in [-0.2, 0) is 4.79 Å². The monoisotopic (exact) mass is 266 g/mol. The number of hydrogen-bond acceptors (Lipinski definition) is 2. The van der Waals surface area contributed by atoms with Gasteiger partial charge in [0.2, 0.25) is 5.91 Å². The molecule has 18 heavy (non-hydrogen) atoms. The molecule has 1 saturated carbocycles. The number of aryl methyl sites for hydroxylation is 1. The summed E-state index contributed by atoms with van der Waals surface area (Å²) < 4.78 is 0. The van der Waals surface area contributed by atoms with Crippen LogP contribution in [0, 0.1) is 6.92 Å². The third-order valence-electron chi connectivity index (χ3n) is 3.53. The first-order valence-electron chi connectivity index (χ1n) is 6.53. The number of carbonyl (C=O) groups excluding carboxylic acids is 1. The standard InChI is InChI=1S/C14H19ClN2O/c1-10-7-8-16-9-12(10)13(15)14(18)17-11-5-3-2-4-6-11/h7-9,11,13H,2-6H2,1H3,(H,17,18). The molecule has 0 saturated heterocycles. The Hall–Kier alpha value is -1.09. The number of amides is 1. The predicted octanol–water partition coefficient (Wildman–Crippen LogP) is 3.12. The topological polar surface area (TPSA) is 42.0 Å². The second-order valence-electron chi connectivity index (χ2n) is 4.94. The average Bonchev–Trinajstić information content (AvgIpc) is 2.39. The number of alkyl halides is 1. The van der Waals surface area contributed by atoms with E-state index in [1.165, 1.54) is 19.3 Å². The molecule has 4 heteroatoms. The zero-order chi connectivity index (χ0) is 13.0. The molecule has 1 amide bonds. The van der Waals surface area contributed by atoms with Crippen LogP contribution in [0.25, 0.3) is 0 Å². The van der Waals surface area contributed by atoms with Gasteiger partial charge in [-0.3, -0.25) is 9.78 Å². The molecule has 0 radical (unpaired) electrons. The SMILES string of the molecule is Cc1ccncc1C(Cl)C(=O)NC1CCCCC1. The molecule has 0 spiro atoms. The molecule has 1 aliphatic rings. The lowest BCUT2D eigenvalue weighted by molar-refractivity contribution is -0.121. The zero-order valence-electron chi connectivity index (χ0n) is 10.7. The number of carbonyl (C=O) groups is 1. The number of hydrogen-bond donors (Lipinski definition) is 1. The van der Waals surface area contributed by atoms with Crippen LogP contribution in [0.5, 0.6) is 0 Å². The molecule has 0 aromatic carbocycles. The molecule has 1 fully saturated rings. The molecular weight excluding hydrogens is 248 g/mol. The highest BCUT2D eigenvalue weighted by atomic mass is 35.5. The second kappa shape index (κ2) is 6.19. The third kappa shape index (κ3) is 3.22. The fraction of sp³-hybridized carbons (Fsp3) is 0.571. The van der Waals surface area contributed by atoms with Crippen molar-refractivity contribution in [3.8, 4) is 0 Å². The maximum Gasteiger partial charge on any atom is 0.242 e. The molecule has 1 unspecified atom stereocenters. The van der Waals surface area contributed by atoms with E-state index in [0.717, 1.165) is 24.0 Å². The van der Waals surface area contributed by atoms with Crippen molar-refractivity contribution in [1.29, 1.82) is 0 Å². The fourth-order valence-corrected chi connectivity index (χ4v) is 2.70. The lowest BCUT2D eigenvalue weighted by Gasteiger charge is -2.24. The van der Waals surface area contributed by atoms with Crippen LogP contribution >= 0.6 is 11.6 Å². The summed E-state index contributed by atoms with van der Waals surface area (Å²) in [5.74, 6) is -0.0975. The number of nitrogens with zero attached hydrogens (tertiary/aromatic N) is 1. The van der Waals surface area contributed by atoms with Crippen molar-refractivity contribution in [2.45, 2.75) is 50.4 Å². The molecule has 1 heterocycles. The van der Waals surface area contributed by atoms with Crippen LogP contribution in [0.4, 0.5) is 0 Å². The Morgan fingerprint density at radius 2 is 2.17 bits per heavy atom. The van der Waals surface area contributed by atoms with E-state index in [1.807, 2.05) is 13.0 Å². The Morgan fingerprint density at radius 3 is 2.83 bits per heavy atom. The first kappa shape index (κ1) is 13.3.